The van der Waals surface area contributed by atoms with Crippen molar-refractivity contribution >= 4 is 49.9 Å². The fourth-order valence-electron chi connectivity index (χ4n) is 2.53. The number of alkyl halides is 1. The molecular formula is C18H13BrCl2. The van der Waals surface area contributed by atoms with Gasteiger partial charge in [0.25, 0.3) is 0 Å². The van der Waals surface area contributed by atoms with E-state index in [1.807, 2.05) is 18.2 Å². The summed E-state index contributed by atoms with van der Waals surface area (Å²) in [5, 5.41) is 3.98. The average Bonchev–Trinajstić information content (AvgIpc) is 2.50. The second-order valence-corrected chi connectivity index (χ2v) is 6.92. The maximum absolute atomic E-state index is 6.29. The SMILES string of the molecule is Clc1ccc(Cl)c(C(Br)Cc2cccc3ccccc23)c1. The van der Waals surface area contributed by atoms with Gasteiger partial charge in [0.05, 0.1) is 0 Å². The van der Waals surface area contributed by atoms with Crippen molar-refractivity contribution in [2.45, 2.75) is 11.2 Å². The van der Waals surface area contributed by atoms with Gasteiger partial charge >= 0.3 is 0 Å². The summed E-state index contributed by atoms with van der Waals surface area (Å²) in [5.41, 5.74) is 2.32. The minimum Gasteiger partial charge on any atom is -0.0843 e. The topological polar surface area (TPSA) is 0 Å². The van der Waals surface area contributed by atoms with Gasteiger partial charge in [-0.05, 0) is 46.5 Å². The first kappa shape index (κ1) is 14.9. The van der Waals surface area contributed by atoms with Crippen molar-refractivity contribution in [1.82, 2.24) is 0 Å². The zero-order valence-electron chi connectivity index (χ0n) is 11.2. The van der Waals surface area contributed by atoms with E-state index in [1.165, 1.54) is 16.3 Å². The van der Waals surface area contributed by atoms with Crippen molar-refractivity contribution in [3.05, 3.63) is 81.8 Å². The highest BCUT2D eigenvalue weighted by Gasteiger charge is 2.14. The molecule has 3 aromatic carbocycles. The summed E-state index contributed by atoms with van der Waals surface area (Å²) >= 11 is 16.1. The average molecular weight is 380 g/mol. The predicted octanol–water partition coefficient (Wildman–Crippen LogP) is 6.83. The van der Waals surface area contributed by atoms with Crippen LogP contribution in [0, 0.1) is 0 Å². The third-order valence-electron chi connectivity index (χ3n) is 3.57. The predicted molar refractivity (Wildman–Crippen MR) is 95.8 cm³/mol. The lowest BCUT2D eigenvalue weighted by Crippen LogP contribution is -1.97. The Balaban J connectivity index is 1.96. The minimum absolute atomic E-state index is 0.134. The third-order valence-corrected chi connectivity index (χ3v) is 4.97. The van der Waals surface area contributed by atoms with Crippen molar-refractivity contribution in [2.24, 2.45) is 0 Å². The van der Waals surface area contributed by atoms with Crippen molar-refractivity contribution in [3.63, 3.8) is 0 Å². The molecule has 0 aliphatic carbocycles. The highest BCUT2D eigenvalue weighted by atomic mass is 79.9. The maximum atomic E-state index is 6.29. The lowest BCUT2D eigenvalue weighted by Gasteiger charge is -2.14. The van der Waals surface area contributed by atoms with Gasteiger partial charge in [-0.2, -0.15) is 0 Å². The molecule has 3 aromatic rings. The monoisotopic (exact) mass is 378 g/mol. The maximum Gasteiger partial charge on any atom is 0.0451 e. The quantitative estimate of drug-likeness (QED) is 0.437. The zero-order valence-corrected chi connectivity index (χ0v) is 14.3. The Labute approximate surface area is 142 Å². The molecule has 21 heavy (non-hydrogen) atoms. The molecule has 0 fully saturated rings. The molecule has 0 N–H and O–H groups in total. The van der Waals surface area contributed by atoms with Crippen LogP contribution in [0.25, 0.3) is 10.8 Å². The molecule has 0 saturated carbocycles. The van der Waals surface area contributed by atoms with Crippen LogP contribution in [-0.4, -0.2) is 0 Å². The van der Waals surface area contributed by atoms with Crippen LogP contribution in [0.1, 0.15) is 16.0 Å². The molecule has 0 amide bonds. The van der Waals surface area contributed by atoms with E-state index in [1.54, 1.807) is 0 Å². The number of halogens is 3. The highest BCUT2D eigenvalue weighted by Crippen LogP contribution is 2.35. The summed E-state index contributed by atoms with van der Waals surface area (Å²) in [7, 11) is 0. The molecule has 0 bridgehead atoms. The molecule has 3 heteroatoms. The molecule has 0 aliphatic rings. The van der Waals surface area contributed by atoms with Crippen LogP contribution < -0.4 is 0 Å². The van der Waals surface area contributed by atoms with Crippen LogP contribution in [0.3, 0.4) is 0 Å². The summed E-state index contributed by atoms with van der Waals surface area (Å²) < 4.78 is 0. The van der Waals surface area contributed by atoms with Gasteiger partial charge < -0.3 is 0 Å². The lowest BCUT2D eigenvalue weighted by atomic mass is 9.98. The van der Waals surface area contributed by atoms with Gasteiger partial charge in [0.1, 0.15) is 0 Å². The Kier molecular flexibility index (Phi) is 4.54. The van der Waals surface area contributed by atoms with Gasteiger partial charge in [0, 0.05) is 14.9 Å². The molecule has 106 valence electrons. The van der Waals surface area contributed by atoms with E-state index in [0.717, 1.165) is 17.0 Å². The molecule has 0 spiro atoms. The van der Waals surface area contributed by atoms with E-state index in [-0.39, 0.29) is 4.83 Å². The van der Waals surface area contributed by atoms with Crippen molar-refractivity contribution in [2.75, 3.05) is 0 Å². The number of hydrogen-bond acceptors (Lipinski definition) is 0. The summed E-state index contributed by atoms with van der Waals surface area (Å²) in [6.45, 7) is 0. The smallest absolute Gasteiger partial charge is 0.0451 e. The highest BCUT2D eigenvalue weighted by molar-refractivity contribution is 9.09. The van der Waals surface area contributed by atoms with Crippen LogP contribution in [0.5, 0.6) is 0 Å². The molecule has 1 atom stereocenters. The second kappa shape index (κ2) is 6.39. The van der Waals surface area contributed by atoms with Gasteiger partial charge in [-0.1, -0.05) is 81.6 Å². The Hall–Kier alpha value is -1.02. The molecule has 0 radical (unpaired) electrons. The van der Waals surface area contributed by atoms with Crippen molar-refractivity contribution in [1.29, 1.82) is 0 Å². The standard InChI is InChI=1S/C18H13BrCl2/c19-17(16-11-14(20)8-9-18(16)21)10-13-6-3-5-12-4-1-2-7-15(12)13/h1-9,11,17H,10H2. The molecule has 0 nitrogen and oxygen atoms in total. The van der Waals surface area contributed by atoms with E-state index in [0.29, 0.717) is 5.02 Å². The lowest BCUT2D eigenvalue weighted by molar-refractivity contribution is 0.958. The first-order valence-electron chi connectivity index (χ1n) is 6.71. The molecule has 0 heterocycles. The number of rotatable bonds is 3. The van der Waals surface area contributed by atoms with E-state index in [2.05, 4.69) is 58.4 Å². The molecular weight excluding hydrogens is 367 g/mol. The Bertz CT molecular complexity index is 778. The third kappa shape index (κ3) is 3.26. The molecule has 3 rings (SSSR count). The van der Waals surface area contributed by atoms with E-state index < -0.39 is 0 Å². The fraction of sp³-hybridized carbons (Fsp3) is 0.111. The summed E-state index contributed by atoms with van der Waals surface area (Å²) in [4.78, 5) is 0.134. The van der Waals surface area contributed by atoms with Crippen LogP contribution >= 0.6 is 39.1 Å². The van der Waals surface area contributed by atoms with Gasteiger partial charge in [0.15, 0.2) is 0 Å². The van der Waals surface area contributed by atoms with E-state index in [9.17, 15) is 0 Å². The first-order chi connectivity index (χ1) is 10.1. The molecule has 0 aliphatic heterocycles. The molecule has 0 saturated heterocycles. The second-order valence-electron chi connectivity index (χ2n) is 4.98. The van der Waals surface area contributed by atoms with Gasteiger partial charge in [0.2, 0.25) is 0 Å². The number of fused-ring (bicyclic) bond motifs is 1. The van der Waals surface area contributed by atoms with Crippen LogP contribution in [0.2, 0.25) is 10.0 Å². The summed E-state index contributed by atoms with van der Waals surface area (Å²) in [5.74, 6) is 0. The number of hydrogen-bond donors (Lipinski definition) is 0. The van der Waals surface area contributed by atoms with E-state index in [4.69, 9.17) is 23.2 Å². The largest absolute Gasteiger partial charge is 0.0843 e. The van der Waals surface area contributed by atoms with Gasteiger partial charge in [-0.3, -0.25) is 0 Å². The minimum atomic E-state index is 0.134. The number of benzene rings is 3. The van der Waals surface area contributed by atoms with Crippen LogP contribution in [0.4, 0.5) is 0 Å². The molecule has 1 unspecified atom stereocenters. The normalized spacial score (nSPS) is 12.5. The fourth-order valence-corrected chi connectivity index (χ4v) is 3.82. The van der Waals surface area contributed by atoms with Gasteiger partial charge in [-0.15, -0.1) is 0 Å². The van der Waals surface area contributed by atoms with Crippen molar-refractivity contribution in [3.8, 4) is 0 Å². The van der Waals surface area contributed by atoms with Gasteiger partial charge in [-0.25, -0.2) is 0 Å². The summed E-state index contributed by atoms with van der Waals surface area (Å²) in [6, 6.07) is 20.4. The Morgan fingerprint density at radius 3 is 2.52 bits per heavy atom. The van der Waals surface area contributed by atoms with E-state index >= 15 is 0 Å². The molecule has 0 aromatic heterocycles. The summed E-state index contributed by atoms with van der Waals surface area (Å²) in [6.07, 6.45) is 0.863. The first-order valence-corrected chi connectivity index (χ1v) is 8.38. The Morgan fingerprint density at radius 1 is 0.905 bits per heavy atom. The Morgan fingerprint density at radius 2 is 1.67 bits per heavy atom. The zero-order chi connectivity index (χ0) is 14.8. The van der Waals surface area contributed by atoms with Crippen LogP contribution in [-0.2, 0) is 6.42 Å². The van der Waals surface area contributed by atoms with Crippen molar-refractivity contribution < 1.29 is 0 Å². The van der Waals surface area contributed by atoms with Crippen LogP contribution in [0.15, 0.2) is 60.7 Å².